The molecule has 4 heteroatoms. The van der Waals surface area contributed by atoms with Crippen molar-refractivity contribution in [2.24, 2.45) is 56.7 Å². The van der Waals surface area contributed by atoms with Crippen molar-refractivity contribution in [2.75, 3.05) is 6.61 Å². The molecule has 0 aliphatic heterocycles. The molecule has 0 aromatic carbocycles. The fourth-order valence-corrected chi connectivity index (χ4v) is 11.3. The molecule has 2 N–H and O–H groups in total. The summed E-state index contributed by atoms with van der Waals surface area (Å²) in [6.45, 7) is 16.1. The predicted molar refractivity (Wildman–Crippen MR) is 133 cm³/mol. The number of carboxylic acid groups (broad SMARTS) is 1. The lowest BCUT2D eigenvalue weighted by molar-refractivity contribution is -0.235. The first kappa shape index (κ1) is 24.5. The minimum Gasteiger partial charge on any atom is -0.481 e. The number of hydrogen-bond acceptors (Lipinski definition) is 3. The number of ketones is 1. The van der Waals surface area contributed by atoms with Gasteiger partial charge < -0.3 is 10.2 Å². The summed E-state index contributed by atoms with van der Waals surface area (Å²) in [5.74, 6) is 1.38. The molecular formula is C30H46O4. The van der Waals surface area contributed by atoms with Crippen LogP contribution in [0.1, 0.15) is 98.8 Å². The second kappa shape index (κ2) is 7.43. The standard InChI is InChI=1S/C30H46O4/c1-18(17-31)19-9-14-30(25(33)34)16-15-28(5)20(24(19)30)7-8-22-27(4)12-11-23(32)26(2,3)21(27)10-13-29(22,28)6/h19-22,24,31H,1,7-17H2,2-6H3,(H,33,34)/t19?,20-,21?,22-,24?,27+,28-,29-,30+/m1/s1. The molecule has 5 rings (SSSR count). The van der Waals surface area contributed by atoms with Gasteiger partial charge in [0, 0.05) is 11.8 Å². The summed E-state index contributed by atoms with van der Waals surface area (Å²) in [5.41, 5.74) is 0.341. The molecule has 0 aromatic heterocycles. The van der Waals surface area contributed by atoms with Crippen LogP contribution >= 0.6 is 0 Å². The predicted octanol–water partition coefficient (Wildman–Crippen LogP) is 6.27. The van der Waals surface area contributed by atoms with E-state index in [1.165, 1.54) is 0 Å². The fraction of sp³-hybridized carbons (Fsp3) is 0.867. The number of fused-ring (bicyclic) bond motifs is 7. The largest absolute Gasteiger partial charge is 0.481 e. The van der Waals surface area contributed by atoms with Gasteiger partial charge in [-0.3, -0.25) is 9.59 Å². The maximum atomic E-state index is 12.9. The summed E-state index contributed by atoms with van der Waals surface area (Å²) >= 11 is 0. The minimum absolute atomic E-state index is 0.0386. The van der Waals surface area contributed by atoms with Crippen molar-refractivity contribution in [3.63, 3.8) is 0 Å². The van der Waals surface area contributed by atoms with Gasteiger partial charge >= 0.3 is 5.97 Å². The Hall–Kier alpha value is -1.16. The summed E-state index contributed by atoms with van der Waals surface area (Å²) in [7, 11) is 0. The minimum atomic E-state index is -0.656. The number of aliphatic hydroxyl groups is 1. The Labute approximate surface area is 206 Å². The van der Waals surface area contributed by atoms with Crippen LogP contribution in [0.3, 0.4) is 0 Å². The number of hydrogen-bond donors (Lipinski definition) is 2. The molecular weight excluding hydrogens is 424 g/mol. The van der Waals surface area contributed by atoms with Gasteiger partial charge in [0.15, 0.2) is 0 Å². The lowest BCUT2D eigenvalue weighted by Gasteiger charge is -2.72. The Morgan fingerprint density at radius 1 is 0.912 bits per heavy atom. The van der Waals surface area contributed by atoms with E-state index in [0.717, 1.165) is 63.4 Å². The monoisotopic (exact) mass is 470 g/mol. The third kappa shape index (κ3) is 2.75. The molecule has 0 saturated heterocycles. The molecule has 5 aliphatic rings. The molecule has 190 valence electrons. The van der Waals surface area contributed by atoms with Crippen molar-refractivity contribution in [3.8, 4) is 0 Å². The Balaban J connectivity index is 1.57. The maximum Gasteiger partial charge on any atom is 0.309 e. The molecule has 0 radical (unpaired) electrons. The van der Waals surface area contributed by atoms with Crippen LogP contribution in [-0.2, 0) is 9.59 Å². The normalized spacial score (nSPS) is 51.6. The summed E-state index contributed by atoms with van der Waals surface area (Å²) < 4.78 is 0. The van der Waals surface area contributed by atoms with Crippen molar-refractivity contribution in [1.29, 1.82) is 0 Å². The number of rotatable bonds is 3. The fourth-order valence-electron chi connectivity index (χ4n) is 11.3. The van der Waals surface area contributed by atoms with Crippen LogP contribution in [0.2, 0.25) is 0 Å². The molecule has 0 bridgehead atoms. The first-order valence-corrected chi connectivity index (χ1v) is 13.8. The Morgan fingerprint density at radius 3 is 2.26 bits per heavy atom. The third-order valence-corrected chi connectivity index (χ3v) is 13.3. The van der Waals surface area contributed by atoms with Crippen molar-refractivity contribution in [3.05, 3.63) is 12.2 Å². The zero-order valence-corrected chi connectivity index (χ0v) is 22.1. The second-order valence-corrected chi connectivity index (χ2v) is 14.3. The quantitative estimate of drug-likeness (QED) is 0.477. The van der Waals surface area contributed by atoms with Crippen LogP contribution in [-0.4, -0.2) is 28.6 Å². The van der Waals surface area contributed by atoms with Gasteiger partial charge in [-0.25, -0.2) is 0 Å². The van der Waals surface area contributed by atoms with E-state index in [1.54, 1.807) is 0 Å². The van der Waals surface area contributed by atoms with Gasteiger partial charge in [-0.2, -0.15) is 0 Å². The van der Waals surface area contributed by atoms with Gasteiger partial charge in [-0.1, -0.05) is 41.2 Å². The van der Waals surface area contributed by atoms with Crippen LogP contribution in [0.4, 0.5) is 0 Å². The zero-order valence-electron chi connectivity index (χ0n) is 22.1. The highest BCUT2D eigenvalue weighted by Gasteiger charge is 2.72. The topological polar surface area (TPSA) is 74.6 Å². The molecule has 3 unspecified atom stereocenters. The number of aliphatic hydroxyl groups excluding tert-OH is 1. The van der Waals surface area contributed by atoms with Crippen molar-refractivity contribution < 1.29 is 19.8 Å². The molecule has 5 aliphatic carbocycles. The van der Waals surface area contributed by atoms with Crippen LogP contribution in [0.15, 0.2) is 12.2 Å². The van der Waals surface area contributed by atoms with Gasteiger partial charge in [0.1, 0.15) is 5.78 Å². The first-order chi connectivity index (χ1) is 15.8. The van der Waals surface area contributed by atoms with E-state index in [9.17, 15) is 19.8 Å². The number of carboxylic acids is 1. The Bertz CT molecular complexity index is 921. The summed E-state index contributed by atoms with van der Waals surface area (Å²) in [6, 6.07) is 0. The smallest absolute Gasteiger partial charge is 0.309 e. The molecule has 5 fully saturated rings. The Kier molecular flexibility index (Phi) is 5.36. The van der Waals surface area contributed by atoms with E-state index in [4.69, 9.17) is 0 Å². The molecule has 5 saturated carbocycles. The highest BCUT2D eigenvalue weighted by Crippen LogP contribution is 2.77. The average molecular weight is 471 g/mol. The summed E-state index contributed by atoms with van der Waals surface area (Å²) in [5, 5.41) is 20.5. The molecule has 0 amide bonds. The van der Waals surface area contributed by atoms with E-state index < -0.39 is 11.4 Å². The summed E-state index contributed by atoms with van der Waals surface area (Å²) in [6.07, 6.45) is 9.46. The van der Waals surface area contributed by atoms with Gasteiger partial charge in [-0.05, 0) is 109 Å². The van der Waals surface area contributed by atoms with Gasteiger partial charge in [-0.15, -0.1) is 0 Å². The van der Waals surface area contributed by atoms with E-state index in [0.29, 0.717) is 30.0 Å². The molecule has 9 atom stereocenters. The van der Waals surface area contributed by atoms with Crippen molar-refractivity contribution >= 4 is 11.8 Å². The van der Waals surface area contributed by atoms with Crippen molar-refractivity contribution in [1.82, 2.24) is 0 Å². The van der Waals surface area contributed by atoms with Crippen LogP contribution in [0, 0.1) is 56.7 Å². The van der Waals surface area contributed by atoms with Gasteiger partial charge in [0.2, 0.25) is 0 Å². The lowest BCUT2D eigenvalue weighted by Crippen LogP contribution is -2.66. The van der Waals surface area contributed by atoms with Gasteiger partial charge in [0.05, 0.1) is 12.0 Å². The van der Waals surface area contributed by atoms with E-state index >= 15 is 0 Å². The zero-order chi connectivity index (χ0) is 24.9. The maximum absolute atomic E-state index is 12.9. The van der Waals surface area contributed by atoms with Gasteiger partial charge in [0.25, 0.3) is 0 Å². The van der Waals surface area contributed by atoms with Crippen LogP contribution in [0.5, 0.6) is 0 Å². The number of aliphatic carboxylic acids is 1. The highest BCUT2D eigenvalue weighted by atomic mass is 16.4. The van der Waals surface area contributed by atoms with Crippen LogP contribution in [0.25, 0.3) is 0 Å². The lowest BCUT2D eigenvalue weighted by atomic mass is 9.32. The number of Topliss-reactive ketones (excluding diaryl/α,β-unsaturated/α-hetero) is 1. The highest BCUT2D eigenvalue weighted by molar-refractivity contribution is 5.85. The van der Waals surface area contributed by atoms with E-state index in [-0.39, 0.29) is 40.1 Å². The average Bonchev–Trinajstić information content (AvgIpc) is 3.18. The van der Waals surface area contributed by atoms with Crippen LogP contribution < -0.4 is 0 Å². The number of carbonyl (C=O) groups is 2. The van der Waals surface area contributed by atoms with E-state index in [1.807, 2.05) is 0 Å². The molecule has 0 spiro atoms. The molecule has 4 nitrogen and oxygen atoms in total. The molecule has 0 aromatic rings. The SMILES string of the molecule is C=C(CO)C1CC[C@]2(C(=O)O)CC[C@]3(C)[C@H](CC[C@@H]4[C@@]5(C)CCC(=O)C(C)(C)C5CC[C@]43C)C12. The third-order valence-electron chi connectivity index (χ3n) is 13.3. The second-order valence-electron chi connectivity index (χ2n) is 14.3. The molecule has 34 heavy (non-hydrogen) atoms. The number of carbonyl (C=O) groups excluding carboxylic acids is 1. The Morgan fingerprint density at radius 2 is 1.62 bits per heavy atom. The summed E-state index contributed by atoms with van der Waals surface area (Å²) in [4.78, 5) is 25.7. The first-order valence-electron chi connectivity index (χ1n) is 13.8. The van der Waals surface area contributed by atoms with Crippen molar-refractivity contribution in [2.45, 2.75) is 98.8 Å². The molecule has 0 heterocycles. The van der Waals surface area contributed by atoms with E-state index in [2.05, 4.69) is 41.2 Å².